The van der Waals surface area contributed by atoms with Crippen LogP contribution in [0.5, 0.6) is 0 Å². The van der Waals surface area contributed by atoms with E-state index in [0.29, 0.717) is 17.3 Å². The van der Waals surface area contributed by atoms with Gasteiger partial charge in [0.2, 0.25) is 0 Å². The van der Waals surface area contributed by atoms with Crippen LogP contribution in [0.1, 0.15) is 0 Å². The molecule has 0 aliphatic carbocycles. The second-order valence-corrected chi connectivity index (χ2v) is 10.00. The van der Waals surface area contributed by atoms with Gasteiger partial charge in [-0.05, 0) is 24.3 Å². The lowest BCUT2D eigenvalue weighted by Crippen LogP contribution is -1.97. The third-order valence-electron chi connectivity index (χ3n) is 7.41. The summed E-state index contributed by atoms with van der Waals surface area (Å²) in [6, 6.07) is 40.7. The largest absolute Gasteiger partial charge is 0.245 e. The van der Waals surface area contributed by atoms with E-state index in [2.05, 4.69) is 52.4 Å². The van der Waals surface area contributed by atoms with Crippen molar-refractivity contribution in [2.45, 2.75) is 0 Å². The summed E-state index contributed by atoms with van der Waals surface area (Å²) < 4.78 is 0. The van der Waals surface area contributed by atoms with Crippen LogP contribution < -0.4 is 0 Å². The van der Waals surface area contributed by atoms with Crippen LogP contribution in [0.15, 0.2) is 134 Å². The number of aromatic nitrogens is 6. The van der Waals surface area contributed by atoms with E-state index in [9.17, 15) is 0 Å². The molecule has 6 nitrogen and oxygen atoms in total. The highest BCUT2D eigenvalue weighted by atomic mass is 14.9. The predicted octanol–water partition coefficient (Wildman–Crippen LogP) is 8.18. The molecule has 0 unspecified atom stereocenters. The second-order valence-electron chi connectivity index (χ2n) is 10.00. The Kier molecular flexibility index (Phi) is 5.67. The predicted molar refractivity (Wildman–Crippen MR) is 167 cm³/mol. The van der Waals surface area contributed by atoms with Gasteiger partial charge in [-0.15, -0.1) is 0 Å². The maximum absolute atomic E-state index is 5.21. The van der Waals surface area contributed by atoms with Crippen LogP contribution >= 0.6 is 0 Å². The quantitative estimate of drug-likeness (QED) is 0.210. The lowest BCUT2D eigenvalue weighted by molar-refractivity contribution is 1.15. The van der Waals surface area contributed by atoms with Gasteiger partial charge in [0.1, 0.15) is 5.69 Å². The fraction of sp³-hybridized carbons (Fsp3) is 0. The Bertz CT molecular complexity index is 2250. The molecule has 0 N–H and O–H groups in total. The van der Waals surface area contributed by atoms with E-state index in [1.54, 1.807) is 18.5 Å². The first-order valence-corrected chi connectivity index (χ1v) is 13.7. The summed E-state index contributed by atoms with van der Waals surface area (Å²) in [5.41, 5.74) is 7.92. The molecule has 8 rings (SSSR count). The topological polar surface area (TPSA) is 77.3 Å². The number of benzene rings is 4. The second kappa shape index (κ2) is 9.94. The summed E-state index contributed by atoms with van der Waals surface area (Å²) in [4.78, 5) is 29.0. The number of rotatable bonds is 4. The molecule has 0 aliphatic heterocycles. The zero-order valence-electron chi connectivity index (χ0n) is 22.4. The van der Waals surface area contributed by atoms with E-state index < -0.39 is 0 Å². The van der Waals surface area contributed by atoms with Gasteiger partial charge in [-0.1, -0.05) is 97.1 Å². The Balaban J connectivity index is 1.34. The van der Waals surface area contributed by atoms with Crippen LogP contribution in [-0.2, 0) is 0 Å². The molecular formula is C36H22N6. The van der Waals surface area contributed by atoms with Crippen molar-refractivity contribution in [1.82, 2.24) is 29.9 Å². The van der Waals surface area contributed by atoms with Crippen LogP contribution in [0.25, 0.3) is 78.1 Å². The molecule has 0 aliphatic rings. The zero-order valence-corrected chi connectivity index (χ0v) is 22.4. The van der Waals surface area contributed by atoms with Crippen molar-refractivity contribution >= 4 is 32.7 Å². The van der Waals surface area contributed by atoms with Crippen LogP contribution in [0, 0.1) is 0 Å². The van der Waals surface area contributed by atoms with Crippen molar-refractivity contribution in [3.05, 3.63) is 134 Å². The Morgan fingerprint density at radius 3 is 1.81 bits per heavy atom. The molecular weight excluding hydrogens is 516 g/mol. The molecule has 0 amide bonds. The number of hydrogen-bond acceptors (Lipinski definition) is 6. The summed E-state index contributed by atoms with van der Waals surface area (Å²) in [5.74, 6) is 1.28. The van der Waals surface area contributed by atoms with Gasteiger partial charge in [-0.3, -0.25) is 0 Å². The molecule has 196 valence electrons. The standard InChI is InChI=1S/C36H22N6/c1-2-9-25(10-3-1)35-41-29-14-7-6-13-28(29)34(42-35)27-12-5-4-11-26(27)30-19-17-23-15-16-24-18-20-31(36-37-21-8-22-38-36)40-33(24)32(23)39-30/h1-22H. The summed E-state index contributed by atoms with van der Waals surface area (Å²) in [5, 5.41) is 3.01. The molecule has 0 saturated carbocycles. The molecule has 0 radical (unpaired) electrons. The lowest BCUT2D eigenvalue weighted by atomic mass is 9.97. The summed E-state index contributed by atoms with van der Waals surface area (Å²) in [6.07, 6.45) is 3.45. The normalized spacial score (nSPS) is 11.3. The number of hydrogen-bond donors (Lipinski definition) is 0. The Morgan fingerprint density at radius 1 is 0.405 bits per heavy atom. The number of nitrogens with zero attached hydrogens (tertiary/aromatic N) is 6. The highest BCUT2D eigenvalue weighted by Gasteiger charge is 2.17. The fourth-order valence-electron chi connectivity index (χ4n) is 5.38. The average Bonchev–Trinajstić information content (AvgIpc) is 3.08. The Hall–Kier alpha value is -5.88. The molecule has 42 heavy (non-hydrogen) atoms. The first kappa shape index (κ1) is 24.0. The molecule has 0 atom stereocenters. The van der Waals surface area contributed by atoms with Gasteiger partial charge in [0.15, 0.2) is 11.6 Å². The zero-order chi connectivity index (χ0) is 27.9. The van der Waals surface area contributed by atoms with E-state index in [4.69, 9.17) is 19.9 Å². The first-order valence-electron chi connectivity index (χ1n) is 13.7. The van der Waals surface area contributed by atoms with E-state index in [1.165, 1.54) is 0 Å². The molecule has 4 aromatic heterocycles. The lowest BCUT2D eigenvalue weighted by Gasteiger charge is -2.14. The van der Waals surface area contributed by atoms with Crippen molar-refractivity contribution in [2.24, 2.45) is 0 Å². The van der Waals surface area contributed by atoms with Crippen molar-refractivity contribution < 1.29 is 0 Å². The van der Waals surface area contributed by atoms with Crippen LogP contribution in [0.4, 0.5) is 0 Å². The molecule has 0 fully saturated rings. The molecule has 8 aromatic rings. The molecule has 0 saturated heterocycles. The summed E-state index contributed by atoms with van der Waals surface area (Å²) in [6.45, 7) is 0. The van der Waals surface area contributed by atoms with Gasteiger partial charge in [-0.25, -0.2) is 29.9 Å². The van der Waals surface area contributed by atoms with Crippen molar-refractivity contribution in [1.29, 1.82) is 0 Å². The monoisotopic (exact) mass is 538 g/mol. The number of fused-ring (bicyclic) bond motifs is 4. The van der Waals surface area contributed by atoms with Crippen LogP contribution in [-0.4, -0.2) is 29.9 Å². The van der Waals surface area contributed by atoms with Gasteiger partial charge >= 0.3 is 0 Å². The Morgan fingerprint density at radius 2 is 1.02 bits per heavy atom. The van der Waals surface area contributed by atoms with Crippen LogP contribution in [0.2, 0.25) is 0 Å². The number of pyridine rings is 2. The minimum absolute atomic E-state index is 0.586. The number of para-hydroxylation sites is 1. The van der Waals surface area contributed by atoms with Gasteiger partial charge in [0, 0.05) is 45.2 Å². The van der Waals surface area contributed by atoms with E-state index >= 15 is 0 Å². The summed E-state index contributed by atoms with van der Waals surface area (Å²) in [7, 11) is 0. The first-order chi connectivity index (χ1) is 20.8. The average molecular weight is 539 g/mol. The summed E-state index contributed by atoms with van der Waals surface area (Å²) >= 11 is 0. The molecule has 0 bridgehead atoms. The third-order valence-corrected chi connectivity index (χ3v) is 7.41. The van der Waals surface area contributed by atoms with Crippen LogP contribution in [0.3, 0.4) is 0 Å². The highest BCUT2D eigenvalue weighted by Crippen LogP contribution is 2.36. The third kappa shape index (κ3) is 4.14. The van der Waals surface area contributed by atoms with Crippen molar-refractivity contribution in [3.63, 3.8) is 0 Å². The van der Waals surface area contributed by atoms with E-state index in [1.807, 2.05) is 72.8 Å². The fourth-order valence-corrected chi connectivity index (χ4v) is 5.38. The minimum atomic E-state index is 0.586. The minimum Gasteiger partial charge on any atom is -0.245 e. The SMILES string of the molecule is c1ccc(-c2nc(-c3ccccc3-c3ccc4ccc5ccc(-c6ncccn6)nc5c4n3)c3ccccc3n2)cc1. The van der Waals surface area contributed by atoms with Gasteiger partial charge < -0.3 is 0 Å². The Labute approximate surface area is 241 Å². The van der Waals surface area contributed by atoms with E-state index in [-0.39, 0.29) is 0 Å². The molecule has 4 aromatic carbocycles. The van der Waals surface area contributed by atoms with Gasteiger partial charge in [0.25, 0.3) is 0 Å². The van der Waals surface area contributed by atoms with Crippen molar-refractivity contribution in [2.75, 3.05) is 0 Å². The van der Waals surface area contributed by atoms with Gasteiger partial charge in [-0.2, -0.15) is 0 Å². The molecule has 0 spiro atoms. The molecule has 6 heteroatoms. The highest BCUT2D eigenvalue weighted by molar-refractivity contribution is 6.05. The maximum atomic E-state index is 5.21. The molecule has 4 heterocycles. The smallest absolute Gasteiger partial charge is 0.178 e. The maximum Gasteiger partial charge on any atom is 0.178 e. The van der Waals surface area contributed by atoms with Gasteiger partial charge in [0.05, 0.1) is 27.9 Å². The van der Waals surface area contributed by atoms with E-state index in [0.717, 1.165) is 60.8 Å². The van der Waals surface area contributed by atoms with Crippen molar-refractivity contribution in [3.8, 4) is 45.4 Å².